The van der Waals surface area contributed by atoms with Crippen molar-refractivity contribution >= 4 is 17.4 Å². The average molecular weight is 416 g/mol. The summed E-state index contributed by atoms with van der Waals surface area (Å²) in [7, 11) is 0. The molecule has 2 amide bonds. The van der Waals surface area contributed by atoms with Gasteiger partial charge in [-0.05, 0) is 43.4 Å². The van der Waals surface area contributed by atoms with Gasteiger partial charge in [-0.3, -0.25) is 5.32 Å². The molecule has 3 aromatic rings. The molecule has 156 valence electrons. The van der Waals surface area contributed by atoms with E-state index in [9.17, 15) is 18.0 Å². The first kappa shape index (κ1) is 18.8. The molecule has 10 heteroatoms. The predicted molar refractivity (Wildman–Crippen MR) is 103 cm³/mol. The van der Waals surface area contributed by atoms with E-state index >= 15 is 0 Å². The van der Waals surface area contributed by atoms with Crippen LogP contribution in [0.5, 0.6) is 0 Å². The van der Waals surface area contributed by atoms with Crippen LogP contribution in [0.15, 0.2) is 36.8 Å². The van der Waals surface area contributed by atoms with E-state index in [0.717, 1.165) is 19.3 Å². The molecular formula is C20H19F3N6O. The van der Waals surface area contributed by atoms with Crippen molar-refractivity contribution in [2.24, 2.45) is 5.92 Å². The molecule has 0 radical (unpaired) electrons. The van der Waals surface area contributed by atoms with Gasteiger partial charge < -0.3 is 4.90 Å². The number of pyridine rings is 1. The Morgan fingerprint density at radius 2 is 1.93 bits per heavy atom. The van der Waals surface area contributed by atoms with Crippen LogP contribution in [0.2, 0.25) is 0 Å². The van der Waals surface area contributed by atoms with Crippen LogP contribution >= 0.6 is 0 Å². The molecule has 2 saturated heterocycles. The van der Waals surface area contributed by atoms with Crippen molar-refractivity contribution in [1.82, 2.24) is 24.5 Å². The van der Waals surface area contributed by atoms with E-state index in [1.54, 1.807) is 23.2 Å². The summed E-state index contributed by atoms with van der Waals surface area (Å²) in [5.41, 5.74) is -0.532. The lowest BCUT2D eigenvalue weighted by Gasteiger charge is -2.54. The summed E-state index contributed by atoms with van der Waals surface area (Å²) in [6.45, 7) is 2.17. The van der Waals surface area contributed by atoms with Crippen molar-refractivity contribution in [2.75, 3.05) is 5.32 Å². The highest BCUT2D eigenvalue weighted by atomic mass is 19.4. The van der Waals surface area contributed by atoms with Gasteiger partial charge in [0.2, 0.25) is 0 Å². The summed E-state index contributed by atoms with van der Waals surface area (Å²) in [5, 5.41) is 6.83. The Bertz CT molecular complexity index is 1120. The van der Waals surface area contributed by atoms with Crippen LogP contribution in [0.4, 0.5) is 23.8 Å². The molecule has 2 bridgehead atoms. The van der Waals surface area contributed by atoms with Crippen molar-refractivity contribution in [3.05, 3.63) is 42.4 Å². The highest BCUT2D eigenvalue weighted by Crippen LogP contribution is 2.41. The normalized spacial score (nSPS) is 23.3. The molecule has 5 heterocycles. The summed E-state index contributed by atoms with van der Waals surface area (Å²) in [4.78, 5) is 22.4. The molecule has 6 rings (SSSR count). The maximum Gasteiger partial charge on any atom is 0.418 e. The van der Waals surface area contributed by atoms with Gasteiger partial charge >= 0.3 is 12.2 Å². The first-order chi connectivity index (χ1) is 14.3. The minimum absolute atomic E-state index is 0.0391. The molecule has 3 fully saturated rings. The number of carbonyl (C=O) groups is 1. The third-order valence-electron chi connectivity index (χ3n) is 5.88. The first-order valence-corrected chi connectivity index (χ1v) is 9.77. The van der Waals surface area contributed by atoms with Crippen LogP contribution in [-0.2, 0) is 6.18 Å². The second kappa shape index (κ2) is 6.68. The fourth-order valence-electron chi connectivity index (χ4n) is 4.54. The van der Waals surface area contributed by atoms with Gasteiger partial charge in [0.1, 0.15) is 5.82 Å². The van der Waals surface area contributed by atoms with Crippen LogP contribution < -0.4 is 5.32 Å². The van der Waals surface area contributed by atoms with Crippen LogP contribution in [0.1, 0.15) is 31.7 Å². The topological polar surface area (TPSA) is 75.4 Å². The Balaban J connectivity index is 1.47. The van der Waals surface area contributed by atoms with E-state index < -0.39 is 11.7 Å². The monoisotopic (exact) mass is 416 g/mol. The van der Waals surface area contributed by atoms with Gasteiger partial charge in [-0.1, -0.05) is 6.92 Å². The van der Waals surface area contributed by atoms with Crippen molar-refractivity contribution < 1.29 is 18.0 Å². The van der Waals surface area contributed by atoms with E-state index in [4.69, 9.17) is 0 Å². The zero-order valence-corrected chi connectivity index (χ0v) is 16.1. The molecule has 2 aliphatic heterocycles. The summed E-state index contributed by atoms with van der Waals surface area (Å²) in [5.74, 6) is 0.519. The van der Waals surface area contributed by atoms with Crippen molar-refractivity contribution in [2.45, 2.75) is 44.4 Å². The van der Waals surface area contributed by atoms with E-state index in [1.807, 2.05) is 0 Å². The first-order valence-electron chi connectivity index (χ1n) is 9.77. The average Bonchev–Trinajstić information content (AvgIpc) is 3.14. The van der Waals surface area contributed by atoms with Gasteiger partial charge in [0.25, 0.3) is 0 Å². The van der Waals surface area contributed by atoms with Crippen LogP contribution in [0, 0.1) is 5.92 Å². The lowest BCUT2D eigenvalue weighted by Crippen LogP contribution is -2.63. The zero-order chi connectivity index (χ0) is 21.0. The molecule has 1 aliphatic carbocycles. The Morgan fingerprint density at radius 3 is 2.67 bits per heavy atom. The molecule has 7 nitrogen and oxygen atoms in total. The number of amides is 2. The van der Waals surface area contributed by atoms with Crippen LogP contribution in [0.3, 0.4) is 0 Å². The molecule has 3 aliphatic rings. The third kappa shape index (κ3) is 3.16. The van der Waals surface area contributed by atoms with Crippen molar-refractivity contribution in [3.8, 4) is 11.4 Å². The molecule has 0 spiro atoms. The van der Waals surface area contributed by atoms with Crippen LogP contribution in [-0.4, -0.2) is 42.6 Å². The number of urea groups is 1. The fraction of sp³-hybridized carbons (Fsp3) is 0.400. The Labute approximate surface area is 169 Å². The van der Waals surface area contributed by atoms with Gasteiger partial charge in [0.15, 0.2) is 5.82 Å². The molecule has 30 heavy (non-hydrogen) atoms. The van der Waals surface area contributed by atoms with Crippen molar-refractivity contribution in [1.29, 1.82) is 0 Å². The predicted octanol–water partition coefficient (Wildman–Crippen LogP) is 4.21. The molecule has 1 saturated carbocycles. The second-order valence-corrected chi connectivity index (χ2v) is 8.03. The summed E-state index contributed by atoms with van der Waals surface area (Å²) in [6, 6.07) is 4.70. The smallest absolute Gasteiger partial charge is 0.318 e. The summed E-state index contributed by atoms with van der Waals surface area (Å²) >= 11 is 0. The molecule has 2 unspecified atom stereocenters. The van der Waals surface area contributed by atoms with Gasteiger partial charge in [0.05, 0.1) is 17.3 Å². The van der Waals surface area contributed by atoms with Gasteiger partial charge in [-0.2, -0.15) is 13.2 Å². The molecule has 0 aromatic carbocycles. The number of rotatable bonds is 2. The quantitative estimate of drug-likeness (QED) is 0.679. The van der Waals surface area contributed by atoms with E-state index in [1.165, 1.54) is 16.8 Å². The summed E-state index contributed by atoms with van der Waals surface area (Å²) < 4.78 is 42.2. The summed E-state index contributed by atoms with van der Waals surface area (Å²) in [6.07, 6.45) is 2.03. The largest absolute Gasteiger partial charge is 0.418 e. The second-order valence-electron chi connectivity index (χ2n) is 8.03. The number of anilines is 1. The lowest BCUT2D eigenvalue weighted by atomic mass is 9.74. The fourth-order valence-corrected chi connectivity index (χ4v) is 4.54. The standard InChI is InChI=1S/C20H19F3N6O/c1-11-5-13-7-14(6-11)29(13)19(30)26-17-8-15(16(10-24-17)20(21,22)23)18-25-9-12-3-2-4-28(12)27-18/h2-4,8-11,13-14H,5-7H2,1H3,(H,24,26,30). The number of nitrogens with zero attached hydrogens (tertiary/aromatic N) is 5. The van der Waals surface area contributed by atoms with Gasteiger partial charge in [-0.15, -0.1) is 5.10 Å². The number of halogens is 3. The Kier molecular flexibility index (Phi) is 4.19. The zero-order valence-electron chi connectivity index (χ0n) is 16.1. The maximum absolute atomic E-state index is 13.6. The Morgan fingerprint density at radius 1 is 1.17 bits per heavy atom. The number of alkyl halides is 3. The molecule has 2 atom stereocenters. The maximum atomic E-state index is 13.6. The molecule has 1 N–H and O–H groups in total. The van der Waals surface area contributed by atoms with Gasteiger partial charge in [-0.25, -0.2) is 19.3 Å². The van der Waals surface area contributed by atoms with Crippen LogP contribution in [0.25, 0.3) is 16.9 Å². The van der Waals surface area contributed by atoms with Crippen molar-refractivity contribution in [3.63, 3.8) is 0 Å². The number of hydrogen-bond donors (Lipinski definition) is 1. The lowest BCUT2D eigenvalue weighted by molar-refractivity contribution is -0.137. The molecular weight excluding hydrogens is 397 g/mol. The number of fused-ring (bicyclic) bond motifs is 3. The SMILES string of the molecule is CC1CC2CC(C1)N2C(=O)Nc1cc(-c2ncc3cccn3n2)c(C(F)(F)F)cn1. The number of piperidine rings is 1. The highest BCUT2D eigenvalue weighted by Gasteiger charge is 2.46. The number of carbonyl (C=O) groups excluding carboxylic acids is 1. The van der Waals surface area contributed by atoms with Gasteiger partial charge in [0, 0.05) is 30.0 Å². The highest BCUT2D eigenvalue weighted by molar-refractivity contribution is 5.90. The number of aromatic nitrogens is 4. The Hall–Kier alpha value is -3.17. The number of hydrogen-bond acceptors (Lipinski definition) is 4. The van der Waals surface area contributed by atoms with E-state index in [0.29, 0.717) is 17.6 Å². The number of nitrogens with one attached hydrogen (secondary N) is 1. The third-order valence-corrected chi connectivity index (χ3v) is 5.88. The minimum atomic E-state index is -4.63. The van der Waals surface area contributed by atoms with E-state index in [2.05, 4.69) is 27.3 Å². The molecule has 3 aromatic heterocycles. The minimum Gasteiger partial charge on any atom is -0.318 e. The van der Waals surface area contributed by atoms with E-state index in [-0.39, 0.29) is 35.3 Å².